The summed E-state index contributed by atoms with van der Waals surface area (Å²) in [6.45, 7) is 4.24. The van der Waals surface area contributed by atoms with Gasteiger partial charge in [-0.25, -0.2) is 0 Å². The molecule has 5 aliphatic rings. The van der Waals surface area contributed by atoms with Gasteiger partial charge >= 0.3 is 11.9 Å². The molecular formula is C24H32O7. The molecule has 7 heteroatoms. The number of carboxylic acids is 1. The standard InChI is InChI=1S/C24H32O7/c1-21-7-4-14(25)10-13(21)11-15(20(28)30-3)19-16-5-8-23(29,9-6-18(26)27)22(16,2)12-17-24(19,21)31-17/h10,15-17,19,29H,4-9,11-12H2,1-3H3,(H,26,27)/t15-,16-,17+,19-,21-,22-,23+,24?/m0/s1. The fourth-order valence-electron chi connectivity index (χ4n) is 8.22. The van der Waals surface area contributed by atoms with Crippen LogP contribution in [0.5, 0.6) is 0 Å². The van der Waals surface area contributed by atoms with Crippen molar-refractivity contribution in [2.24, 2.45) is 28.6 Å². The lowest BCUT2D eigenvalue weighted by atomic mass is 9.43. The smallest absolute Gasteiger partial charge is 0.309 e. The Morgan fingerprint density at radius 1 is 1.29 bits per heavy atom. The minimum absolute atomic E-state index is 0.0325. The first kappa shape index (κ1) is 21.1. The zero-order valence-electron chi connectivity index (χ0n) is 18.5. The molecule has 4 aliphatic carbocycles. The number of carboxylic acid groups (broad SMARTS) is 1. The second-order valence-electron chi connectivity index (χ2n) is 10.9. The van der Waals surface area contributed by atoms with E-state index < -0.39 is 28.5 Å². The van der Waals surface area contributed by atoms with Gasteiger partial charge in [0.2, 0.25) is 0 Å². The van der Waals surface area contributed by atoms with Crippen LogP contribution in [-0.4, -0.2) is 52.4 Å². The molecule has 1 saturated heterocycles. The number of ether oxygens (including phenoxy) is 2. The van der Waals surface area contributed by atoms with Crippen molar-refractivity contribution < 1.29 is 34.1 Å². The van der Waals surface area contributed by atoms with Gasteiger partial charge in [0.05, 0.1) is 24.7 Å². The molecule has 5 rings (SSSR count). The monoisotopic (exact) mass is 432 g/mol. The lowest BCUT2D eigenvalue weighted by Crippen LogP contribution is -2.63. The molecule has 7 nitrogen and oxygen atoms in total. The van der Waals surface area contributed by atoms with Crippen LogP contribution < -0.4 is 0 Å². The SMILES string of the molecule is COC(=O)[C@H]1CC2=CC(=O)CC[C@]2(C)C23O[C@@H]2C[C@@]2(C)[C@@H](CC[C@@]2(O)CCC(=O)O)[C@H]13. The molecular weight excluding hydrogens is 400 g/mol. The molecule has 2 N–H and O–H groups in total. The van der Waals surface area contributed by atoms with Gasteiger partial charge in [-0.05, 0) is 50.5 Å². The number of epoxide rings is 1. The van der Waals surface area contributed by atoms with E-state index in [0.29, 0.717) is 32.1 Å². The fourth-order valence-corrected chi connectivity index (χ4v) is 8.22. The van der Waals surface area contributed by atoms with E-state index in [2.05, 4.69) is 13.8 Å². The summed E-state index contributed by atoms with van der Waals surface area (Å²) >= 11 is 0. The van der Waals surface area contributed by atoms with Gasteiger partial charge in [0.25, 0.3) is 0 Å². The molecule has 1 unspecified atom stereocenters. The Morgan fingerprint density at radius 3 is 2.71 bits per heavy atom. The van der Waals surface area contributed by atoms with Crippen LogP contribution in [0.1, 0.15) is 65.2 Å². The molecule has 8 atom stereocenters. The first-order valence-electron chi connectivity index (χ1n) is 11.5. The number of carbonyl (C=O) groups excluding carboxylic acids is 2. The second-order valence-corrected chi connectivity index (χ2v) is 10.9. The van der Waals surface area contributed by atoms with E-state index in [1.165, 1.54) is 7.11 Å². The molecule has 0 aromatic rings. The van der Waals surface area contributed by atoms with E-state index in [-0.39, 0.29) is 47.9 Å². The van der Waals surface area contributed by atoms with Crippen LogP contribution >= 0.6 is 0 Å². The third kappa shape index (κ3) is 2.50. The molecule has 0 aromatic carbocycles. The third-order valence-electron chi connectivity index (χ3n) is 9.95. The molecule has 170 valence electrons. The maximum absolute atomic E-state index is 13.0. The van der Waals surface area contributed by atoms with Gasteiger partial charge in [-0.2, -0.15) is 0 Å². The van der Waals surface area contributed by atoms with Crippen molar-refractivity contribution in [1.82, 2.24) is 0 Å². The van der Waals surface area contributed by atoms with E-state index in [4.69, 9.17) is 9.47 Å². The Morgan fingerprint density at radius 2 is 2.03 bits per heavy atom. The Bertz CT molecular complexity index is 894. The molecule has 4 fully saturated rings. The van der Waals surface area contributed by atoms with Gasteiger partial charge in [0.1, 0.15) is 5.60 Å². The van der Waals surface area contributed by atoms with Crippen LogP contribution in [0.2, 0.25) is 0 Å². The minimum Gasteiger partial charge on any atom is -0.481 e. The van der Waals surface area contributed by atoms with Crippen LogP contribution in [-0.2, 0) is 23.9 Å². The average molecular weight is 433 g/mol. The van der Waals surface area contributed by atoms with Crippen molar-refractivity contribution in [3.8, 4) is 0 Å². The number of methoxy groups -OCH3 is 1. The number of aliphatic hydroxyl groups is 1. The first-order chi connectivity index (χ1) is 14.5. The van der Waals surface area contributed by atoms with Crippen LogP contribution in [0.15, 0.2) is 11.6 Å². The highest BCUT2D eigenvalue weighted by Gasteiger charge is 2.82. The highest BCUT2D eigenvalue weighted by molar-refractivity contribution is 5.92. The third-order valence-corrected chi connectivity index (χ3v) is 9.95. The first-order valence-corrected chi connectivity index (χ1v) is 11.5. The van der Waals surface area contributed by atoms with Crippen molar-refractivity contribution in [3.05, 3.63) is 11.6 Å². The van der Waals surface area contributed by atoms with Gasteiger partial charge in [0, 0.05) is 29.6 Å². The predicted octanol–water partition coefficient (Wildman–Crippen LogP) is 2.64. The molecule has 0 aromatic heterocycles. The lowest BCUT2D eigenvalue weighted by molar-refractivity contribution is -0.163. The fraction of sp³-hybridized carbons (Fsp3) is 0.792. The van der Waals surface area contributed by atoms with Crippen molar-refractivity contribution in [1.29, 1.82) is 0 Å². The molecule has 0 radical (unpaired) electrons. The Labute approximate surface area is 182 Å². The topological polar surface area (TPSA) is 113 Å². The Balaban J connectivity index is 1.59. The number of carbonyl (C=O) groups is 3. The Hall–Kier alpha value is -1.73. The van der Waals surface area contributed by atoms with Crippen molar-refractivity contribution in [2.75, 3.05) is 7.11 Å². The highest BCUT2D eigenvalue weighted by Crippen LogP contribution is 2.77. The van der Waals surface area contributed by atoms with E-state index in [0.717, 1.165) is 12.0 Å². The lowest BCUT2D eigenvalue weighted by Gasteiger charge is -2.58. The second kappa shape index (κ2) is 6.41. The van der Waals surface area contributed by atoms with Crippen LogP contribution in [0.4, 0.5) is 0 Å². The quantitative estimate of drug-likeness (QED) is 0.519. The molecule has 31 heavy (non-hydrogen) atoms. The summed E-state index contributed by atoms with van der Waals surface area (Å²) in [5, 5.41) is 20.9. The minimum atomic E-state index is -1.09. The zero-order valence-corrected chi connectivity index (χ0v) is 18.5. The van der Waals surface area contributed by atoms with Crippen molar-refractivity contribution >= 4 is 17.7 Å². The maximum atomic E-state index is 13.0. The van der Waals surface area contributed by atoms with Gasteiger partial charge in [-0.1, -0.05) is 19.4 Å². The molecule has 0 bridgehead atoms. The number of aliphatic carboxylic acids is 1. The van der Waals surface area contributed by atoms with Gasteiger partial charge < -0.3 is 19.7 Å². The summed E-state index contributed by atoms with van der Waals surface area (Å²) in [5.74, 6) is -1.60. The summed E-state index contributed by atoms with van der Waals surface area (Å²) in [6.07, 6.45) is 5.35. The number of esters is 1. The molecule has 0 amide bonds. The molecule has 1 aliphatic heterocycles. The van der Waals surface area contributed by atoms with E-state index in [1.807, 2.05) is 0 Å². The van der Waals surface area contributed by atoms with Gasteiger partial charge in [0.15, 0.2) is 5.78 Å². The van der Waals surface area contributed by atoms with Crippen LogP contribution in [0.3, 0.4) is 0 Å². The van der Waals surface area contributed by atoms with Crippen molar-refractivity contribution in [3.63, 3.8) is 0 Å². The largest absolute Gasteiger partial charge is 0.481 e. The number of hydrogen-bond acceptors (Lipinski definition) is 6. The normalized spacial score (nSPS) is 49.8. The summed E-state index contributed by atoms with van der Waals surface area (Å²) < 4.78 is 11.7. The van der Waals surface area contributed by atoms with Crippen LogP contribution in [0.25, 0.3) is 0 Å². The maximum Gasteiger partial charge on any atom is 0.309 e. The Kier molecular flexibility index (Phi) is 4.37. The summed E-state index contributed by atoms with van der Waals surface area (Å²) in [4.78, 5) is 36.4. The summed E-state index contributed by atoms with van der Waals surface area (Å²) in [5.41, 5.74) is -1.43. The summed E-state index contributed by atoms with van der Waals surface area (Å²) in [6, 6.07) is 0. The van der Waals surface area contributed by atoms with Gasteiger partial charge in [-0.15, -0.1) is 0 Å². The predicted molar refractivity (Wildman–Crippen MR) is 109 cm³/mol. The number of ketones is 1. The van der Waals surface area contributed by atoms with E-state index >= 15 is 0 Å². The molecule has 3 saturated carbocycles. The van der Waals surface area contributed by atoms with Crippen molar-refractivity contribution in [2.45, 2.75) is 82.5 Å². The molecule has 1 heterocycles. The van der Waals surface area contributed by atoms with E-state index in [1.54, 1.807) is 6.08 Å². The number of hydrogen-bond donors (Lipinski definition) is 2. The number of rotatable bonds is 4. The van der Waals surface area contributed by atoms with Gasteiger partial charge in [-0.3, -0.25) is 14.4 Å². The highest BCUT2D eigenvalue weighted by atomic mass is 16.6. The molecule has 1 spiro atoms. The summed E-state index contributed by atoms with van der Waals surface area (Å²) in [7, 11) is 1.40. The van der Waals surface area contributed by atoms with E-state index in [9.17, 15) is 24.6 Å². The average Bonchev–Trinajstić information content (AvgIpc) is 3.38. The zero-order chi connectivity index (χ0) is 22.4. The van der Waals surface area contributed by atoms with Crippen LogP contribution in [0, 0.1) is 28.6 Å². The number of fused-ring (bicyclic) bond motifs is 3.